The molecule has 206 valence electrons. The molecule has 0 aliphatic carbocycles. The zero-order valence-corrected chi connectivity index (χ0v) is 22.8. The minimum Gasteiger partial charge on any atom is -0.468 e. The van der Waals surface area contributed by atoms with Crippen LogP contribution in [0.5, 0.6) is 0 Å². The molecule has 0 atom stereocenters. The molecule has 0 radical (unpaired) electrons. The Morgan fingerprint density at radius 1 is 0.950 bits per heavy atom. The number of thioether (sulfide) groups is 1. The number of furan rings is 1. The normalized spacial score (nSPS) is 11.5. The maximum Gasteiger partial charge on any atom is 0.417 e. The van der Waals surface area contributed by atoms with Crippen molar-refractivity contribution in [2.45, 2.75) is 17.7 Å². The van der Waals surface area contributed by atoms with Crippen LogP contribution in [-0.2, 0) is 17.7 Å². The van der Waals surface area contributed by atoms with Gasteiger partial charge in [-0.05, 0) is 65.7 Å². The second-order valence-corrected chi connectivity index (χ2v) is 10.2. The third-order valence-electron chi connectivity index (χ3n) is 5.43. The highest BCUT2D eigenvalue weighted by molar-refractivity contribution is 7.97. The monoisotopic (exact) mass is 605 g/mol. The van der Waals surface area contributed by atoms with Crippen LogP contribution in [0.4, 0.5) is 18.9 Å². The third-order valence-corrected chi connectivity index (χ3v) is 7.02. The minimum atomic E-state index is -4.64. The molecule has 1 heterocycles. The number of carbonyl (C=O) groups excluding carboxylic acids is 2. The van der Waals surface area contributed by atoms with Gasteiger partial charge in [-0.2, -0.15) is 18.3 Å². The van der Waals surface area contributed by atoms with Gasteiger partial charge in [0.05, 0.1) is 40.1 Å². The Morgan fingerprint density at radius 3 is 2.52 bits per heavy atom. The first-order valence-electron chi connectivity index (χ1n) is 11.6. The lowest BCUT2D eigenvalue weighted by molar-refractivity contribution is -0.137. The number of hydrogen-bond acceptors (Lipinski definition) is 5. The van der Waals surface area contributed by atoms with E-state index in [0.717, 1.165) is 29.7 Å². The Morgan fingerprint density at radius 2 is 1.77 bits per heavy atom. The topological polar surface area (TPSA) is 83.7 Å². The average Bonchev–Trinajstić information content (AvgIpc) is 3.43. The summed E-state index contributed by atoms with van der Waals surface area (Å²) in [5.74, 6) is 1.03. The molecule has 3 aromatic carbocycles. The molecule has 0 bridgehead atoms. The summed E-state index contributed by atoms with van der Waals surface area (Å²) in [6, 6.07) is 18.3. The Labute approximate surface area is 241 Å². The molecular weight excluding hydrogens is 586 g/mol. The van der Waals surface area contributed by atoms with Gasteiger partial charge in [-0.3, -0.25) is 9.59 Å². The van der Waals surface area contributed by atoms with Gasteiger partial charge in [-0.25, -0.2) is 5.43 Å². The minimum absolute atomic E-state index is 0.00949. The van der Waals surface area contributed by atoms with E-state index in [2.05, 4.69) is 15.8 Å². The van der Waals surface area contributed by atoms with Gasteiger partial charge >= 0.3 is 6.18 Å². The molecule has 6 nitrogen and oxygen atoms in total. The second-order valence-electron chi connectivity index (χ2n) is 8.35. The van der Waals surface area contributed by atoms with Gasteiger partial charge in [0.1, 0.15) is 5.76 Å². The SMILES string of the molecule is O=C(Nc1ccc(Cl)cc1C(=O)N/N=C/c1ccc(Cl)c(C(F)(F)F)c1)c1cccc(CSCc2ccco2)c1. The maximum absolute atomic E-state index is 13.1. The van der Waals surface area contributed by atoms with Crippen LogP contribution >= 0.6 is 35.0 Å². The van der Waals surface area contributed by atoms with Crippen LogP contribution in [0.15, 0.2) is 88.6 Å². The summed E-state index contributed by atoms with van der Waals surface area (Å²) >= 11 is 13.3. The van der Waals surface area contributed by atoms with Gasteiger partial charge in [0.25, 0.3) is 11.8 Å². The maximum atomic E-state index is 13.1. The number of nitrogens with one attached hydrogen (secondary N) is 2. The summed E-state index contributed by atoms with van der Waals surface area (Å²) in [6.07, 6.45) is -1.98. The van der Waals surface area contributed by atoms with E-state index in [1.54, 1.807) is 36.2 Å². The predicted molar refractivity (Wildman–Crippen MR) is 151 cm³/mol. The Hall–Kier alpha value is -3.73. The number of rotatable bonds is 9. The first kappa shape index (κ1) is 29.3. The molecular formula is C28H20Cl2F3N3O3S. The number of carbonyl (C=O) groups is 2. The summed E-state index contributed by atoms with van der Waals surface area (Å²) in [5.41, 5.74) is 2.79. The molecule has 0 saturated carbocycles. The highest BCUT2D eigenvalue weighted by Gasteiger charge is 2.33. The van der Waals surface area contributed by atoms with E-state index in [-0.39, 0.29) is 21.8 Å². The first-order chi connectivity index (χ1) is 19.1. The number of halogens is 5. The second kappa shape index (κ2) is 13.1. The quantitative estimate of drug-likeness (QED) is 0.149. The highest BCUT2D eigenvalue weighted by atomic mass is 35.5. The average molecular weight is 606 g/mol. The van der Waals surface area contributed by atoms with Crippen LogP contribution in [-0.4, -0.2) is 18.0 Å². The number of amides is 2. The standard InChI is InChI=1S/C28H20Cl2F3N3O3S/c29-20-7-9-25(35-26(37)19-4-1-3-18(11-19)15-40-16-21-5-2-10-39-21)22(13-20)27(38)36-34-14-17-6-8-24(30)23(12-17)28(31,32)33/h1-14H,15-16H2,(H,35,37)(H,36,38)/b34-14+. The van der Waals surface area contributed by atoms with Crippen molar-refractivity contribution in [1.82, 2.24) is 5.43 Å². The highest BCUT2D eigenvalue weighted by Crippen LogP contribution is 2.35. The number of nitrogens with zero attached hydrogens (tertiary/aromatic N) is 1. The van der Waals surface area contributed by atoms with E-state index in [4.69, 9.17) is 27.6 Å². The van der Waals surface area contributed by atoms with E-state index in [1.807, 2.05) is 18.2 Å². The molecule has 0 spiro atoms. The summed E-state index contributed by atoms with van der Waals surface area (Å²) < 4.78 is 44.6. The van der Waals surface area contributed by atoms with Gasteiger partial charge < -0.3 is 9.73 Å². The van der Waals surface area contributed by atoms with E-state index in [9.17, 15) is 22.8 Å². The third kappa shape index (κ3) is 7.91. The van der Waals surface area contributed by atoms with Crippen LogP contribution in [0, 0.1) is 0 Å². The van der Waals surface area contributed by atoms with Gasteiger partial charge in [0.15, 0.2) is 0 Å². The van der Waals surface area contributed by atoms with Crippen molar-refractivity contribution >= 4 is 58.7 Å². The molecule has 0 saturated heterocycles. The van der Waals surface area contributed by atoms with Gasteiger partial charge in [-0.1, -0.05) is 41.4 Å². The number of hydrazone groups is 1. The molecule has 0 fully saturated rings. The van der Waals surface area contributed by atoms with Crippen molar-refractivity contribution in [2.24, 2.45) is 5.10 Å². The van der Waals surface area contributed by atoms with Crippen molar-refractivity contribution in [3.8, 4) is 0 Å². The van der Waals surface area contributed by atoms with E-state index in [0.29, 0.717) is 17.1 Å². The van der Waals surface area contributed by atoms with Crippen molar-refractivity contribution in [1.29, 1.82) is 0 Å². The summed E-state index contributed by atoms with van der Waals surface area (Å²) in [7, 11) is 0. The van der Waals surface area contributed by atoms with E-state index in [1.165, 1.54) is 24.3 Å². The predicted octanol–water partition coefficient (Wildman–Crippen LogP) is 8.05. The van der Waals surface area contributed by atoms with Gasteiger partial charge in [-0.15, -0.1) is 11.8 Å². The zero-order valence-electron chi connectivity index (χ0n) is 20.5. The first-order valence-corrected chi connectivity index (χ1v) is 13.5. The Bertz CT molecular complexity index is 1540. The van der Waals surface area contributed by atoms with Crippen molar-refractivity contribution < 1.29 is 27.2 Å². The fourth-order valence-corrected chi connectivity index (χ4v) is 4.82. The molecule has 2 amide bonds. The van der Waals surface area contributed by atoms with Crippen LogP contribution in [0.1, 0.15) is 43.2 Å². The molecule has 40 heavy (non-hydrogen) atoms. The fourth-order valence-electron chi connectivity index (χ4n) is 3.54. The number of hydrogen-bond donors (Lipinski definition) is 2. The molecule has 0 aliphatic heterocycles. The number of benzene rings is 3. The van der Waals surface area contributed by atoms with Gasteiger partial charge in [0.2, 0.25) is 0 Å². The van der Waals surface area contributed by atoms with Crippen molar-refractivity contribution in [3.05, 3.63) is 123 Å². The van der Waals surface area contributed by atoms with Crippen LogP contribution in [0.25, 0.3) is 0 Å². The largest absolute Gasteiger partial charge is 0.468 e. The molecule has 12 heteroatoms. The molecule has 1 aromatic heterocycles. The van der Waals surface area contributed by atoms with E-state index < -0.39 is 28.6 Å². The lowest BCUT2D eigenvalue weighted by Gasteiger charge is -2.12. The Kier molecular flexibility index (Phi) is 9.57. The summed E-state index contributed by atoms with van der Waals surface area (Å²) in [5, 5.41) is 6.22. The van der Waals surface area contributed by atoms with Gasteiger partial charge in [0, 0.05) is 16.3 Å². The fraction of sp³-hybridized carbons (Fsp3) is 0.107. The van der Waals surface area contributed by atoms with Crippen molar-refractivity contribution in [2.75, 3.05) is 5.32 Å². The molecule has 0 aliphatic rings. The number of anilines is 1. The smallest absolute Gasteiger partial charge is 0.417 e. The van der Waals surface area contributed by atoms with E-state index >= 15 is 0 Å². The number of alkyl halides is 3. The Balaban J connectivity index is 1.43. The molecule has 4 aromatic rings. The van der Waals surface area contributed by atoms with Crippen LogP contribution < -0.4 is 10.7 Å². The molecule has 4 rings (SSSR count). The molecule has 2 N–H and O–H groups in total. The lowest BCUT2D eigenvalue weighted by atomic mass is 10.1. The zero-order chi connectivity index (χ0) is 28.7. The lowest BCUT2D eigenvalue weighted by Crippen LogP contribution is -2.21. The molecule has 0 unspecified atom stereocenters. The van der Waals surface area contributed by atoms with Crippen LogP contribution in [0.2, 0.25) is 10.0 Å². The van der Waals surface area contributed by atoms with Crippen LogP contribution in [0.3, 0.4) is 0 Å². The summed E-state index contributed by atoms with van der Waals surface area (Å²) in [6.45, 7) is 0. The van der Waals surface area contributed by atoms with Crippen molar-refractivity contribution in [3.63, 3.8) is 0 Å². The summed E-state index contributed by atoms with van der Waals surface area (Å²) in [4.78, 5) is 25.8.